The highest BCUT2D eigenvalue weighted by Crippen LogP contribution is 2.38. The van der Waals surface area contributed by atoms with Crippen LogP contribution in [-0.4, -0.2) is 221 Å². The van der Waals surface area contributed by atoms with E-state index in [-0.39, 0.29) is 0 Å². The van der Waals surface area contributed by atoms with E-state index in [0.717, 1.165) is 0 Å². The van der Waals surface area contributed by atoms with Gasteiger partial charge >= 0.3 is 0 Å². The maximum Gasteiger partial charge on any atom is 0.224 e. The van der Waals surface area contributed by atoms with E-state index >= 15 is 0 Å². The molecule has 4 saturated heterocycles. The summed E-state index contributed by atoms with van der Waals surface area (Å²) in [5, 5.41) is 143. The molecule has 4 aliphatic heterocycles. The molecule has 0 bridgehead atoms. The van der Waals surface area contributed by atoms with Crippen LogP contribution in [0.3, 0.4) is 0 Å². The van der Waals surface area contributed by atoms with Crippen LogP contribution in [0, 0.1) is 0 Å². The lowest BCUT2D eigenvalue weighted by molar-refractivity contribution is -0.417. The first-order valence-corrected chi connectivity index (χ1v) is 14.1. The number of aliphatic hydroxyl groups is 14. The monoisotopic (exact) mass is 666 g/mol. The van der Waals surface area contributed by atoms with Gasteiger partial charge in [0.25, 0.3) is 0 Å². The zero-order valence-corrected chi connectivity index (χ0v) is 23.5. The lowest BCUT2D eigenvalue weighted by Crippen LogP contribution is -2.67. The van der Waals surface area contributed by atoms with Crippen molar-refractivity contribution >= 4 is 0 Å². The lowest BCUT2D eigenvalue weighted by Gasteiger charge is -2.49. The van der Waals surface area contributed by atoms with E-state index in [1.54, 1.807) is 0 Å². The number of hydrogen-bond acceptors (Lipinski definition) is 21. The van der Waals surface area contributed by atoms with Gasteiger partial charge in [-0.25, -0.2) is 0 Å². The van der Waals surface area contributed by atoms with Crippen LogP contribution in [-0.2, 0) is 33.2 Å². The highest BCUT2D eigenvalue weighted by molar-refractivity contribution is 5.00. The molecule has 0 aliphatic carbocycles. The number of ether oxygens (including phenoxy) is 7. The molecule has 0 aromatic rings. The third-order valence-electron chi connectivity index (χ3n) is 8.30. The van der Waals surface area contributed by atoms with Gasteiger partial charge in [-0.15, -0.1) is 0 Å². The molecule has 21 heteroatoms. The molecule has 0 amide bonds. The van der Waals surface area contributed by atoms with Crippen molar-refractivity contribution < 1.29 is 105 Å². The largest absolute Gasteiger partial charge is 0.394 e. The van der Waals surface area contributed by atoms with Gasteiger partial charge in [0, 0.05) is 0 Å². The molecule has 4 fully saturated rings. The molecular formula is C24H42O21. The van der Waals surface area contributed by atoms with Crippen molar-refractivity contribution in [3.8, 4) is 0 Å². The number of aliphatic hydroxyl groups excluding tert-OH is 14. The maximum absolute atomic E-state index is 11.0. The van der Waals surface area contributed by atoms with E-state index in [9.17, 15) is 71.5 Å². The molecule has 14 N–H and O–H groups in total. The van der Waals surface area contributed by atoms with Gasteiger partial charge in [-0.3, -0.25) is 0 Å². The molecule has 0 spiro atoms. The second-order valence-electron chi connectivity index (χ2n) is 11.2. The van der Waals surface area contributed by atoms with Crippen LogP contribution in [0.1, 0.15) is 0 Å². The Balaban J connectivity index is 1.64. The van der Waals surface area contributed by atoms with Crippen LogP contribution in [0.4, 0.5) is 0 Å². The molecule has 4 aliphatic rings. The van der Waals surface area contributed by atoms with E-state index in [0.29, 0.717) is 0 Å². The predicted molar refractivity (Wildman–Crippen MR) is 134 cm³/mol. The van der Waals surface area contributed by atoms with Gasteiger partial charge in [-0.2, -0.15) is 0 Å². The second kappa shape index (κ2) is 15.1. The van der Waals surface area contributed by atoms with Gasteiger partial charge in [-0.1, -0.05) is 0 Å². The third-order valence-corrected chi connectivity index (χ3v) is 8.30. The standard InChI is InChI=1S/C24H42O21/c25-1-6-10(30)14(34)17(37)21(39-6)42-18-15(35)11(31)7(2-26)40-22(18)43-19-16(36)12(32)8(3-27)41-23(19)45-24(5-29)20(38)13(33)9(4-28)44-24/h6-23,25-38H,1-5H2. The summed E-state index contributed by atoms with van der Waals surface area (Å²) in [4.78, 5) is 0. The Morgan fingerprint density at radius 2 is 0.867 bits per heavy atom. The van der Waals surface area contributed by atoms with Gasteiger partial charge in [0.2, 0.25) is 5.79 Å². The van der Waals surface area contributed by atoms with Gasteiger partial charge in [0.1, 0.15) is 98.2 Å². The van der Waals surface area contributed by atoms with Crippen LogP contribution < -0.4 is 0 Å². The average Bonchev–Trinajstić information content (AvgIpc) is 3.28. The first-order valence-electron chi connectivity index (χ1n) is 14.1. The van der Waals surface area contributed by atoms with E-state index < -0.39 is 149 Å². The first kappa shape index (κ1) is 37.0. The number of hydrogen-bond donors (Lipinski definition) is 14. The Kier molecular flexibility index (Phi) is 12.5. The fraction of sp³-hybridized carbons (Fsp3) is 1.00. The Bertz CT molecular complexity index is 931. The van der Waals surface area contributed by atoms with Crippen LogP contribution in [0.15, 0.2) is 0 Å². The van der Waals surface area contributed by atoms with Gasteiger partial charge in [0.15, 0.2) is 18.9 Å². The molecule has 21 nitrogen and oxygen atoms in total. The zero-order chi connectivity index (χ0) is 33.4. The SMILES string of the molecule is OCC1OC(OC2C(OC3C(OC4(CO)OC(CO)C(O)C4O)OC(CO)C(O)C3O)OC(CO)C(O)C2O)C(O)C(O)C1O. The molecular weight excluding hydrogens is 624 g/mol. The van der Waals surface area contributed by atoms with Crippen LogP contribution in [0.2, 0.25) is 0 Å². The molecule has 19 atom stereocenters. The van der Waals surface area contributed by atoms with Crippen LogP contribution in [0.25, 0.3) is 0 Å². The van der Waals surface area contributed by atoms with Gasteiger partial charge < -0.3 is 105 Å². The van der Waals surface area contributed by atoms with Crippen molar-refractivity contribution in [1.82, 2.24) is 0 Å². The van der Waals surface area contributed by atoms with E-state index in [1.165, 1.54) is 0 Å². The molecule has 45 heavy (non-hydrogen) atoms. The van der Waals surface area contributed by atoms with Crippen molar-refractivity contribution in [2.75, 3.05) is 33.0 Å². The minimum absolute atomic E-state index is 0.828. The highest BCUT2D eigenvalue weighted by Gasteiger charge is 2.60. The Morgan fingerprint density at radius 1 is 0.444 bits per heavy atom. The summed E-state index contributed by atoms with van der Waals surface area (Å²) in [6, 6.07) is 0. The Labute approximate surface area is 254 Å². The maximum atomic E-state index is 11.0. The molecule has 0 aromatic carbocycles. The van der Waals surface area contributed by atoms with Crippen molar-refractivity contribution in [2.45, 2.75) is 116 Å². The van der Waals surface area contributed by atoms with Crippen molar-refractivity contribution in [2.24, 2.45) is 0 Å². The lowest BCUT2D eigenvalue weighted by atomic mass is 9.96. The molecule has 0 radical (unpaired) electrons. The highest BCUT2D eigenvalue weighted by atomic mass is 16.8. The fourth-order valence-electron chi connectivity index (χ4n) is 5.56. The van der Waals surface area contributed by atoms with Crippen molar-refractivity contribution in [1.29, 1.82) is 0 Å². The van der Waals surface area contributed by atoms with E-state index in [1.807, 2.05) is 0 Å². The van der Waals surface area contributed by atoms with Gasteiger partial charge in [0.05, 0.1) is 26.4 Å². The molecule has 4 rings (SSSR count). The van der Waals surface area contributed by atoms with Crippen molar-refractivity contribution in [3.05, 3.63) is 0 Å². The second-order valence-corrected chi connectivity index (χ2v) is 11.2. The van der Waals surface area contributed by atoms with E-state index in [4.69, 9.17) is 33.2 Å². The smallest absolute Gasteiger partial charge is 0.224 e. The summed E-state index contributed by atoms with van der Waals surface area (Å²) in [5.74, 6) is -2.52. The molecule has 4 heterocycles. The fourth-order valence-corrected chi connectivity index (χ4v) is 5.56. The Morgan fingerprint density at radius 3 is 1.33 bits per heavy atom. The van der Waals surface area contributed by atoms with Gasteiger partial charge in [-0.05, 0) is 0 Å². The number of rotatable bonds is 11. The molecule has 19 unspecified atom stereocenters. The zero-order valence-electron chi connectivity index (χ0n) is 23.5. The topological polar surface area (TPSA) is 348 Å². The minimum atomic E-state index is -2.52. The molecule has 0 saturated carbocycles. The quantitative estimate of drug-likeness (QED) is 0.0973. The summed E-state index contributed by atoms with van der Waals surface area (Å²) in [6.45, 7) is -4.65. The summed E-state index contributed by atoms with van der Waals surface area (Å²) in [7, 11) is 0. The normalized spacial score (nSPS) is 52.7. The minimum Gasteiger partial charge on any atom is -0.394 e. The summed E-state index contributed by atoms with van der Waals surface area (Å²) >= 11 is 0. The van der Waals surface area contributed by atoms with Crippen molar-refractivity contribution in [3.63, 3.8) is 0 Å². The van der Waals surface area contributed by atoms with E-state index in [2.05, 4.69) is 0 Å². The summed E-state index contributed by atoms with van der Waals surface area (Å²) in [6.07, 6.45) is -33.2. The molecule has 264 valence electrons. The summed E-state index contributed by atoms with van der Waals surface area (Å²) < 4.78 is 38.7. The van der Waals surface area contributed by atoms with Crippen LogP contribution >= 0.6 is 0 Å². The Hall–Kier alpha value is -0.840. The third kappa shape index (κ3) is 7.01. The first-order chi connectivity index (χ1) is 21.3. The molecule has 0 aromatic heterocycles. The predicted octanol–water partition coefficient (Wildman–Crippen LogP) is -9.75. The summed E-state index contributed by atoms with van der Waals surface area (Å²) in [5.41, 5.74) is 0. The van der Waals surface area contributed by atoms with Crippen LogP contribution in [0.5, 0.6) is 0 Å². The average molecular weight is 667 g/mol.